The molecule has 7 heteroatoms. The summed E-state index contributed by atoms with van der Waals surface area (Å²) in [5.74, 6) is 0.616. The van der Waals surface area contributed by atoms with Gasteiger partial charge in [-0.3, -0.25) is 9.59 Å². The van der Waals surface area contributed by atoms with Crippen LogP contribution in [0.3, 0.4) is 0 Å². The summed E-state index contributed by atoms with van der Waals surface area (Å²) in [6.45, 7) is 4.70. The Labute approximate surface area is 191 Å². The lowest BCUT2D eigenvalue weighted by atomic mass is 10.3. The Bertz CT molecular complexity index is 971. The van der Waals surface area contributed by atoms with Crippen LogP contribution >= 0.6 is 23.1 Å². The third kappa shape index (κ3) is 7.15. The molecule has 1 atom stereocenters. The van der Waals surface area contributed by atoms with Gasteiger partial charge in [0.05, 0.1) is 16.7 Å². The molecule has 0 bridgehead atoms. The van der Waals surface area contributed by atoms with E-state index < -0.39 is 0 Å². The van der Waals surface area contributed by atoms with Crippen molar-refractivity contribution >= 4 is 46.3 Å². The van der Waals surface area contributed by atoms with Crippen molar-refractivity contribution in [2.24, 2.45) is 0 Å². The van der Waals surface area contributed by atoms with Crippen LogP contribution in [0.5, 0.6) is 5.75 Å². The van der Waals surface area contributed by atoms with Gasteiger partial charge in [-0.2, -0.15) is 0 Å². The minimum atomic E-state index is -0.271. The Kier molecular flexibility index (Phi) is 8.55. The van der Waals surface area contributed by atoms with E-state index in [-0.39, 0.29) is 17.1 Å². The molecule has 31 heavy (non-hydrogen) atoms. The zero-order valence-electron chi connectivity index (χ0n) is 17.6. The maximum atomic E-state index is 12.5. The van der Waals surface area contributed by atoms with E-state index in [9.17, 15) is 9.59 Å². The summed E-state index contributed by atoms with van der Waals surface area (Å²) in [7, 11) is 0. The summed E-state index contributed by atoms with van der Waals surface area (Å²) in [5.41, 5.74) is 1.47. The molecule has 2 amide bonds. The molecule has 0 spiro atoms. The van der Waals surface area contributed by atoms with E-state index in [4.69, 9.17) is 4.74 Å². The molecule has 1 unspecified atom stereocenters. The number of thioether (sulfide) groups is 1. The first-order valence-electron chi connectivity index (χ1n) is 10.2. The molecule has 0 fully saturated rings. The Morgan fingerprint density at radius 1 is 1.00 bits per heavy atom. The van der Waals surface area contributed by atoms with E-state index in [1.54, 1.807) is 6.07 Å². The van der Waals surface area contributed by atoms with Crippen LogP contribution < -0.4 is 15.4 Å². The molecule has 0 aliphatic rings. The number of unbranched alkanes of at least 4 members (excludes halogenated alkanes) is 1. The highest BCUT2D eigenvalue weighted by Gasteiger charge is 2.15. The number of thiophene rings is 1. The number of carbonyl (C=O) groups excluding carboxylic acids is 2. The smallest absolute Gasteiger partial charge is 0.265 e. The number of rotatable bonds is 10. The van der Waals surface area contributed by atoms with E-state index in [0.717, 1.165) is 34.9 Å². The SMILES string of the molecule is CCCCOc1ccc(NC(=O)C(C)Sc2ccc(NC(=O)c3cccs3)cc2)cc1. The highest BCUT2D eigenvalue weighted by molar-refractivity contribution is 8.00. The molecular weight excluding hydrogens is 428 g/mol. The number of amides is 2. The van der Waals surface area contributed by atoms with Gasteiger partial charge < -0.3 is 15.4 Å². The third-order valence-corrected chi connectivity index (χ3v) is 6.41. The van der Waals surface area contributed by atoms with Crippen molar-refractivity contribution in [2.75, 3.05) is 17.2 Å². The molecule has 3 rings (SSSR count). The van der Waals surface area contributed by atoms with Crippen molar-refractivity contribution in [3.05, 3.63) is 70.9 Å². The number of anilines is 2. The number of carbonyl (C=O) groups is 2. The lowest BCUT2D eigenvalue weighted by Crippen LogP contribution is -2.22. The molecule has 3 aromatic rings. The van der Waals surface area contributed by atoms with Crippen LogP contribution in [0.15, 0.2) is 70.9 Å². The fourth-order valence-electron chi connectivity index (χ4n) is 2.69. The molecular formula is C24H26N2O3S2. The monoisotopic (exact) mass is 454 g/mol. The standard InChI is InChI=1S/C24H26N2O3S2/c1-3-4-15-29-20-11-7-18(8-12-20)25-23(27)17(2)31-21-13-9-19(10-14-21)26-24(28)22-6-5-16-30-22/h5-14,16-17H,3-4,15H2,1-2H3,(H,25,27)(H,26,28). The molecule has 0 radical (unpaired) electrons. The first kappa shape index (κ1) is 22.9. The predicted octanol–water partition coefficient (Wildman–Crippen LogP) is 6.30. The summed E-state index contributed by atoms with van der Waals surface area (Å²) in [6, 6.07) is 18.6. The molecule has 1 heterocycles. The van der Waals surface area contributed by atoms with Gasteiger partial charge in [-0.1, -0.05) is 19.4 Å². The van der Waals surface area contributed by atoms with Crippen molar-refractivity contribution < 1.29 is 14.3 Å². The Balaban J connectivity index is 1.48. The maximum Gasteiger partial charge on any atom is 0.265 e. The molecule has 162 valence electrons. The first-order chi connectivity index (χ1) is 15.0. The van der Waals surface area contributed by atoms with Gasteiger partial charge >= 0.3 is 0 Å². The van der Waals surface area contributed by atoms with E-state index in [0.29, 0.717) is 11.5 Å². The number of hydrogen-bond acceptors (Lipinski definition) is 5. The van der Waals surface area contributed by atoms with Gasteiger partial charge in [-0.05, 0) is 73.3 Å². The molecule has 2 N–H and O–H groups in total. The third-order valence-electron chi connectivity index (χ3n) is 4.43. The summed E-state index contributed by atoms with van der Waals surface area (Å²) in [6.07, 6.45) is 2.12. The molecule has 1 aromatic heterocycles. The number of hydrogen-bond donors (Lipinski definition) is 2. The number of ether oxygens (including phenoxy) is 1. The second-order valence-corrected chi connectivity index (χ2v) is 9.29. The lowest BCUT2D eigenvalue weighted by molar-refractivity contribution is -0.115. The highest BCUT2D eigenvalue weighted by atomic mass is 32.2. The zero-order valence-corrected chi connectivity index (χ0v) is 19.2. The molecule has 5 nitrogen and oxygen atoms in total. The van der Waals surface area contributed by atoms with Crippen LogP contribution in [-0.4, -0.2) is 23.7 Å². The summed E-state index contributed by atoms with van der Waals surface area (Å²) < 4.78 is 5.64. The number of benzene rings is 2. The van der Waals surface area contributed by atoms with Crippen molar-refractivity contribution in [1.29, 1.82) is 0 Å². The molecule has 0 saturated carbocycles. The van der Waals surface area contributed by atoms with Crippen molar-refractivity contribution in [3.8, 4) is 5.75 Å². The Morgan fingerprint density at radius 3 is 2.32 bits per heavy atom. The maximum absolute atomic E-state index is 12.5. The van der Waals surface area contributed by atoms with Crippen molar-refractivity contribution in [1.82, 2.24) is 0 Å². The van der Waals surface area contributed by atoms with E-state index in [1.165, 1.54) is 23.1 Å². The first-order valence-corrected chi connectivity index (χ1v) is 12.0. The Hall–Kier alpha value is -2.77. The average Bonchev–Trinajstić information content (AvgIpc) is 3.32. The van der Waals surface area contributed by atoms with Gasteiger partial charge in [-0.25, -0.2) is 0 Å². The van der Waals surface area contributed by atoms with Gasteiger partial charge in [0.15, 0.2) is 0 Å². The Morgan fingerprint density at radius 2 is 1.68 bits per heavy atom. The molecule has 0 aliphatic carbocycles. The van der Waals surface area contributed by atoms with Gasteiger partial charge in [-0.15, -0.1) is 23.1 Å². The van der Waals surface area contributed by atoms with Gasteiger partial charge in [0.2, 0.25) is 5.91 Å². The van der Waals surface area contributed by atoms with Crippen molar-refractivity contribution in [3.63, 3.8) is 0 Å². The fraction of sp³-hybridized carbons (Fsp3) is 0.250. The van der Waals surface area contributed by atoms with E-state index >= 15 is 0 Å². The van der Waals surface area contributed by atoms with Crippen LogP contribution in [-0.2, 0) is 4.79 Å². The highest BCUT2D eigenvalue weighted by Crippen LogP contribution is 2.26. The topological polar surface area (TPSA) is 67.4 Å². The minimum absolute atomic E-state index is 0.0697. The zero-order chi connectivity index (χ0) is 22.1. The second-order valence-electron chi connectivity index (χ2n) is 6.93. The molecule has 2 aromatic carbocycles. The lowest BCUT2D eigenvalue weighted by Gasteiger charge is -2.13. The summed E-state index contributed by atoms with van der Waals surface area (Å²) in [5, 5.41) is 7.41. The van der Waals surface area contributed by atoms with Crippen molar-refractivity contribution in [2.45, 2.75) is 36.8 Å². The van der Waals surface area contributed by atoms with Gasteiger partial charge in [0, 0.05) is 16.3 Å². The van der Waals surface area contributed by atoms with Crippen LogP contribution in [0.1, 0.15) is 36.4 Å². The van der Waals surface area contributed by atoms with E-state index in [1.807, 2.05) is 66.9 Å². The van der Waals surface area contributed by atoms with E-state index in [2.05, 4.69) is 17.6 Å². The van der Waals surface area contributed by atoms with Crippen LogP contribution in [0.4, 0.5) is 11.4 Å². The van der Waals surface area contributed by atoms with Crippen LogP contribution in [0.25, 0.3) is 0 Å². The molecule has 0 saturated heterocycles. The summed E-state index contributed by atoms with van der Waals surface area (Å²) in [4.78, 5) is 26.3. The number of nitrogens with one attached hydrogen (secondary N) is 2. The second kappa shape index (κ2) is 11.6. The van der Waals surface area contributed by atoms with Gasteiger partial charge in [0.25, 0.3) is 5.91 Å². The minimum Gasteiger partial charge on any atom is -0.494 e. The molecule has 0 aliphatic heterocycles. The largest absolute Gasteiger partial charge is 0.494 e. The quantitative estimate of drug-likeness (QED) is 0.279. The summed E-state index contributed by atoms with van der Waals surface area (Å²) >= 11 is 2.87. The average molecular weight is 455 g/mol. The normalized spacial score (nSPS) is 11.5. The van der Waals surface area contributed by atoms with Crippen LogP contribution in [0.2, 0.25) is 0 Å². The van der Waals surface area contributed by atoms with Crippen LogP contribution in [0, 0.1) is 0 Å². The van der Waals surface area contributed by atoms with Gasteiger partial charge in [0.1, 0.15) is 5.75 Å². The predicted molar refractivity (Wildman–Crippen MR) is 130 cm³/mol. The fourth-order valence-corrected chi connectivity index (χ4v) is 4.17.